The van der Waals surface area contributed by atoms with Gasteiger partial charge in [0.25, 0.3) is 0 Å². The minimum Gasteiger partial charge on any atom is -0.438 e. The molecule has 0 N–H and O–H groups in total. The Morgan fingerprint density at radius 3 is 1.93 bits per heavy atom. The van der Waals surface area contributed by atoms with Crippen LogP contribution in [0.4, 0.5) is 4.79 Å². The van der Waals surface area contributed by atoms with E-state index in [1.54, 1.807) is 0 Å². The highest BCUT2D eigenvalue weighted by Crippen LogP contribution is 2.35. The first-order chi connectivity index (χ1) is 6.47. The fourth-order valence-corrected chi connectivity index (χ4v) is 1.02. The summed E-state index contributed by atoms with van der Waals surface area (Å²) in [5.41, 5.74) is -0.623. The summed E-state index contributed by atoms with van der Waals surface area (Å²) in [6.07, 6.45) is 2.24. The molecule has 0 spiro atoms. The summed E-state index contributed by atoms with van der Waals surface area (Å²) in [6.45, 7) is 6.13. The monoisotopic (exact) mass is 222 g/mol. The smallest absolute Gasteiger partial charge is 0.438 e. The van der Waals surface area contributed by atoms with Crippen LogP contribution in [0.15, 0.2) is 0 Å². The van der Waals surface area contributed by atoms with Gasteiger partial charge in [0.05, 0.1) is 7.11 Å². The standard InChI is InChI=1S/C6H12.C4H7ClO3/c1-5(2)6-3-4-6;1-3(5)8-4(6)7-2/h5-6H,3-4H2,1-2H3;3H,1-2H3. The molecule has 1 atom stereocenters. The van der Waals surface area contributed by atoms with Crippen molar-refractivity contribution in [2.45, 2.75) is 39.2 Å². The molecule has 0 aromatic carbocycles. The summed E-state index contributed by atoms with van der Waals surface area (Å²) >= 11 is 5.23. The minimum absolute atomic E-state index is 0.623. The highest BCUT2D eigenvalue weighted by molar-refractivity contribution is 6.19. The molecule has 0 saturated heterocycles. The van der Waals surface area contributed by atoms with Gasteiger partial charge < -0.3 is 9.47 Å². The Kier molecular flexibility index (Phi) is 6.71. The van der Waals surface area contributed by atoms with Crippen LogP contribution >= 0.6 is 11.6 Å². The average molecular weight is 223 g/mol. The van der Waals surface area contributed by atoms with Gasteiger partial charge in [-0.2, -0.15) is 0 Å². The van der Waals surface area contributed by atoms with E-state index in [4.69, 9.17) is 11.6 Å². The second-order valence-corrected chi connectivity index (χ2v) is 4.31. The molecular formula is C10H19ClO3. The van der Waals surface area contributed by atoms with Crippen molar-refractivity contribution in [3.05, 3.63) is 0 Å². The molecule has 1 unspecified atom stereocenters. The van der Waals surface area contributed by atoms with E-state index in [9.17, 15) is 4.79 Å². The third kappa shape index (κ3) is 8.17. The van der Waals surface area contributed by atoms with Crippen LogP contribution in [0.1, 0.15) is 33.6 Å². The maximum atomic E-state index is 10.1. The van der Waals surface area contributed by atoms with Crippen molar-refractivity contribution in [1.82, 2.24) is 0 Å². The van der Waals surface area contributed by atoms with Gasteiger partial charge in [0.15, 0.2) is 5.56 Å². The van der Waals surface area contributed by atoms with Crippen LogP contribution in [-0.2, 0) is 9.47 Å². The van der Waals surface area contributed by atoms with Gasteiger partial charge in [-0.3, -0.25) is 0 Å². The van der Waals surface area contributed by atoms with E-state index in [1.807, 2.05) is 0 Å². The quantitative estimate of drug-likeness (QED) is 0.531. The summed E-state index contributed by atoms with van der Waals surface area (Å²) in [5, 5.41) is 0. The van der Waals surface area contributed by atoms with E-state index < -0.39 is 11.7 Å². The van der Waals surface area contributed by atoms with E-state index in [2.05, 4.69) is 23.3 Å². The van der Waals surface area contributed by atoms with Crippen molar-refractivity contribution in [2.24, 2.45) is 11.8 Å². The van der Waals surface area contributed by atoms with Crippen molar-refractivity contribution in [3.63, 3.8) is 0 Å². The van der Waals surface area contributed by atoms with Crippen LogP contribution in [0.5, 0.6) is 0 Å². The SMILES string of the molecule is CC(C)C1CC1.COC(=O)OC(C)Cl. The molecule has 0 aromatic rings. The predicted molar refractivity (Wildman–Crippen MR) is 56.4 cm³/mol. The lowest BCUT2D eigenvalue weighted by molar-refractivity contribution is 0.0666. The Morgan fingerprint density at radius 1 is 1.36 bits per heavy atom. The van der Waals surface area contributed by atoms with E-state index in [-0.39, 0.29) is 0 Å². The van der Waals surface area contributed by atoms with Gasteiger partial charge in [-0.15, -0.1) is 0 Å². The molecule has 0 amide bonds. The van der Waals surface area contributed by atoms with Crippen LogP contribution < -0.4 is 0 Å². The summed E-state index contributed by atoms with van der Waals surface area (Å²) in [4.78, 5) is 10.1. The maximum Gasteiger partial charge on any atom is 0.509 e. The zero-order valence-corrected chi connectivity index (χ0v) is 10.0. The number of ether oxygens (including phenoxy) is 2. The highest BCUT2D eigenvalue weighted by Gasteiger charge is 2.23. The zero-order chi connectivity index (χ0) is 11.1. The zero-order valence-electron chi connectivity index (χ0n) is 9.25. The van der Waals surface area contributed by atoms with Crippen molar-refractivity contribution in [3.8, 4) is 0 Å². The molecule has 0 aromatic heterocycles. The molecule has 1 aliphatic rings. The van der Waals surface area contributed by atoms with Crippen LogP contribution in [0, 0.1) is 11.8 Å². The van der Waals surface area contributed by atoms with Gasteiger partial charge >= 0.3 is 6.16 Å². The van der Waals surface area contributed by atoms with E-state index in [1.165, 1.54) is 26.9 Å². The molecule has 0 bridgehead atoms. The summed E-state index contributed by atoms with van der Waals surface area (Å²) in [6, 6.07) is 0. The lowest BCUT2D eigenvalue weighted by Gasteiger charge is -2.01. The topological polar surface area (TPSA) is 35.5 Å². The second-order valence-electron chi connectivity index (χ2n) is 3.70. The fraction of sp³-hybridized carbons (Fsp3) is 0.900. The predicted octanol–water partition coefficient (Wildman–Crippen LogP) is 3.41. The number of alkyl halides is 1. The minimum atomic E-state index is -0.757. The lowest BCUT2D eigenvalue weighted by atomic mass is 10.1. The second kappa shape index (κ2) is 6.93. The Morgan fingerprint density at radius 2 is 1.86 bits per heavy atom. The molecule has 1 saturated carbocycles. The molecule has 0 radical (unpaired) electrons. The number of halogens is 1. The molecule has 14 heavy (non-hydrogen) atoms. The van der Waals surface area contributed by atoms with Crippen molar-refractivity contribution >= 4 is 17.8 Å². The largest absolute Gasteiger partial charge is 0.509 e. The summed E-state index contributed by atoms with van der Waals surface area (Å²) in [5.74, 6) is 2.06. The molecule has 3 nitrogen and oxygen atoms in total. The molecule has 4 heteroatoms. The van der Waals surface area contributed by atoms with E-state index in [0.717, 1.165) is 11.8 Å². The average Bonchev–Trinajstić information content (AvgIpc) is 2.85. The first-order valence-electron chi connectivity index (χ1n) is 4.86. The number of methoxy groups -OCH3 is 1. The molecule has 0 aliphatic heterocycles. The van der Waals surface area contributed by atoms with Gasteiger partial charge in [-0.1, -0.05) is 25.4 Å². The molecule has 1 fully saturated rings. The Hall–Kier alpha value is -0.440. The van der Waals surface area contributed by atoms with Crippen molar-refractivity contribution < 1.29 is 14.3 Å². The molecular weight excluding hydrogens is 204 g/mol. The maximum absolute atomic E-state index is 10.1. The highest BCUT2D eigenvalue weighted by atomic mass is 35.5. The molecule has 0 heterocycles. The van der Waals surface area contributed by atoms with Gasteiger partial charge in [0.1, 0.15) is 0 Å². The number of rotatable bonds is 2. The van der Waals surface area contributed by atoms with Gasteiger partial charge in [-0.25, -0.2) is 4.79 Å². The number of carbonyl (C=O) groups is 1. The number of hydrogen-bond acceptors (Lipinski definition) is 3. The number of carbonyl (C=O) groups excluding carboxylic acids is 1. The van der Waals surface area contributed by atoms with Crippen molar-refractivity contribution in [2.75, 3.05) is 7.11 Å². The fourth-order valence-electron chi connectivity index (χ4n) is 0.944. The third-order valence-corrected chi connectivity index (χ3v) is 2.08. The Labute approximate surface area is 90.7 Å². The van der Waals surface area contributed by atoms with Crippen LogP contribution in [0.3, 0.4) is 0 Å². The summed E-state index contributed by atoms with van der Waals surface area (Å²) < 4.78 is 8.42. The lowest BCUT2D eigenvalue weighted by Crippen LogP contribution is -2.08. The van der Waals surface area contributed by atoms with Crippen LogP contribution in [0.2, 0.25) is 0 Å². The van der Waals surface area contributed by atoms with Crippen LogP contribution in [0.25, 0.3) is 0 Å². The summed E-state index contributed by atoms with van der Waals surface area (Å²) in [7, 11) is 1.22. The van der Waals surface area contributed by atoms with E-state index in [0.29, 0.717) is 0 Å². The van der Waals surface area contributed by atoms with Gasteiger partial charge in [-0.05, 0) is 31.6 Å². The molecule has 1 rings (SSSR count). The Balaban J connectivity index is 0.000000249. The van der Waals surface area contributed by atoms with Gasteiger partial charge in [0, 0.05) is 0 Å². The van der Waals surface area contributed by atoms with Crippen molar-refractivity contribution in [1.29, 1.82) is 0 Å². The molecule has 84 valence electrons. The first-order valence-corrected chi connectivity index (χ1v) is 5.29. The third-order valence-electron chi connectivity index (χ3n) is 1.99. The van der Waals surface area contributed by atoms with Gasteiger partial charge in [0.2, 0.25) is 0 Å². The Bertz CT molecular complexity index is 165. The first kappa shape index (κ1) is 13.6. The van der Waals surface area contributed by atoms with Crippen LogP contribution in [-0.4, -0.2) is 18.8 Å². The van der Waals surface area contributed by atoms with E-state index >= 15 is 0 Å². The molecule has 1 aliphatic carbocycles. The normalized spacial score (nSPS) is 16.7. The number of hydrogen-bond donors (Lipinski definition) is 0.